The molecule has 0 aliphatic heterocycles. The van der Waals surface area contributed by atoms with Gasteiger partial charge in [0.25, 0.3) is 0 Å². The van der Waals surface area contributed by atoms with Gasteiger partial charge >= 0.3 is 0 Å². The first-order valence-corrected chi connectivity index (χ1v) is 7.03. The summed E-state index contributed by atoms with van der Waals surface area (Å²) in [5.74, 6) is 0.622. The molecule has 5 nitrogen and oxygen atoms in total. The molecule has 0 unspecified atom stereocenters. The molecule has 0 aromatic heterocycles. The lowest BCUT2D eigenvalue weighted by Gasteiger charge is -2.11. The lowest BCUT2D eigenvalue weighted by atomic mass is 10.3. The van der Waals surface area contributed by atoms with E-state index in [2.05, 4.69) is 10.8 Å². The van der Waals surface area contributed by atoms with Gasteiger partial charge in [-0.2, -0.15) is 0 Å². The number of anilines is 1. The molecule has 0 atom stereocenters. The van der Waals surface area contributed by atoms with Crippen LogP contribution in [-0.2, 0) is 10.0 Å². The highest BCUT2D eigenvalue weighted by Gasteiger charge is 2.03. The third-order valence-corrected chi connectivity index (χ3v) is 2.47. The zero-order valence-corrected chi connectivity index (χ0v) is 11.0. The Labute approximate surface area is 102 Å². The van der Waals surface area contributed by atoms with Crippen molar-refractivity contribution >= 4 is 15.7 Å². The predicted molar refractivity (Wildman–Crippen MR) is 67.8 cm³/mol. The Morgan fingerprint density at radius 2 is 2.18 bits per heavy atom. The Balaban J connectivity index is 2.60. The molecule has 0 heterocycles. The second kappa shape index (κ2) is 5.88. The Morgan fingerprint density at radius 1 is 1.47 bits per heavy atom. The number of rotatable bonds is 6. The van der Waals surface area contributed by atoms with Crippen LogP contribution in [0.3, 0.4) is 0 Å². The van der Waals surface area contributed by atoms with Crippen molar-refractivity contribution in [3.05, 3.63) is 24.3 Å². The van der Waals surface area contributed by atoms with E-state index in [-0.39, 0.29) is 0 Å². The third-order valence-electron chi connectivity index (χ3n) is 1.88. The van der Waals surface area contributed by atoms with Crippen LogP contribution in [0, 0.1) is 6.07 Å². The molecule has 17 heavy (non-hydrogen) atoms. The van der Waals surface area contributed by atoms with Gasteiger partial charge < -0.3 is 9.64 Å². The monoisotopic (exact) mass is 257 g/mol. The van der Waals surface area contributed by atoms with Crippen LogP contribution in [0.5, 0.6) is 5.75 Å². The molecule has 95 valence electrons. The maximum absolute atomic E-state index is 11.0. The second-order valence-electron chi connectivity index (χ2n) is 3.96. The first-order valence-electron chi connectivity index (χ1n) is 5.14. The molecule has 1 aromatic rings. The fourth-order valence-electron chi connectivity index (χ4n) is 1.14. The molecule has 0 saturated carbocycles. The minimum Gasteiger partial charge on any atom is -0.492 e. The summed E-state index contributed by atoms with van der Waals surface area (Å²) < 4.78 is 29.9. The number of nitrogens with zero attached hydrogens (tertiary/aromatic N) is 1. The van der Waals surface area contributed by atoms with Gasteiger partial charge in [-0.05, 0) is 26.2 Å². The van der Waals surface area contributed by atoms with E-state index in [1.54, 1.807) is 18.2 Å². The largest absolute Gasteiger partial charge is 0.492 e. The number of nitrogens with one attached hydrogen (secondary N) is 1. The van der Waals surface area contributed by atoms with Gasteiger partial charge in [0.15, 0.2) is 0 Å². The smallest absolute Gasteiger partial charge is 0.229 e. The second-order valence-corrected chi connectivity index (χ2v) is 5.71. The fourth-order valence-corrected chi connectivity index (χ4v) is 1.66. The van der Waals surface area contributed by atoms with Gasteiger partial charge in [0.2, 0.25) is 10.0 Å². The first kappa shape index (κ1) is 13.8. The predicted octanol–water partition coefficient (Wildman–Crippen LogP) is 0.799. The van der Waals surface area contributed by atoms with E-state index in [1.807, 2.05) is 19.0 Å². The summed E-state index contributed by atoms with van der Waals surface area (Å²) in [4.78, 5) is 2.00. The maximum Gasteiger partial charge on any atom is 0.229 e. The molecule has 1 N–H and O–H groups in total. The van der Waals surface area contributed by atoms with Crippen molar-refractivity contribution < 1.29 is 13.2 Å². The summed E-state index contributed by atoms with van der Waals surface area (Å²) >= 11 is 0. The molecule has 0 fully saturated rings. The topological polar surface area (TPSA) is 58.6 Å². The van der Waals surface area contributed by atoms with E-state index in [4.69, 9.17) is 4.74 Å². The number of sulfonamides is 1. The van der Waals surface area contributed by atoms with Crippen molar-refractivity contribution in [3.63, 3.8) is 0 Å². The lowest BCUT2D eigenvalue weighted by Crippen LogP contribution is -2.19. The van der Waals surface area contributed by atoms with Crippen LogP contribution in [0.4, 0.5) is 5.69 Å². The van der Waals surface area contributed by atoms with Crippen LogP contribution in [0.1, 0.15) is 0 Å². The molecule has 0 saturated heterocycles. The lowest BCUT2D eigenvalue weighted by molar-refractivity contribution is 0.261. The van der Waals surface area contributed by atoms with Gasteiger partial charge in [-0.1, -0.05) is 0 Å². The van der Waals surface area contributed by atoms with Gasteiger partial charge in [-0.25, -0.2) is 8.42 Å². The number of likely N-dealkylation sites (N-methyl/N-ethyl adjacent to an activating group) is 1. The Hall–Kier alpha value is -1.27. The minimum absolute atomic E-state index is 0.384. The normalized spacial score (nSPS) is 11.5. The molecular formula is C11H17N2O3S. The number of hydrogen-bond donors (Lipinski definition) is 1. The zero-order valence-electron chi connectivity index (χ0n) is 10.2. The average molecular weight is 257 g/mol. The van der Waals surface area contributed by atoms with E-state index in [1.165, 1.54) is 0 Å². The summed E-state index contributed by atoms with van der Waals surface area (Å²) in [7, 11) is 0.641. The maximum atomic E-state index is 11.0. The highest BCUT2D eigenvalue weighted by Crippen LogP contribution is 2.17. The van der Waals surface area contributed by atoms with Gasteiger partial charge in [-0.3, -0.25) is 4.72 Å². The molecule has 0 spiro atoms. The van der Waals surface area contributed by atoms with Crippen molar-refractivity contribution in [1.29, 1.82) is 0 Å². The summed E-state index contributed by atoms with van der Waals surface area (Å²) in [5.41, 5.74) is 0.384. The van der Waals surface area contributed by atoms with Crippen molar-refractivity contribution in [1.82, 2.24) is 4.90 Å². The fraction of sp³-hybridized carbons (Fsp3) is 0.455. The molecule has 0 amide bonds. The van der Waals surface area contributed by atoms with Gasteiger partial charge in [0, 0.05) is 18.7 Å². The number of benzene rings is 1. The SMILES string of the molecule is CN(C)CCOc1cc[c]c(NS(C)(=O)=O)c1. The number of ether oxygens (including phenoxy) is 1. The van der Waals surface area contributed by atoms with Crippen LogP contribution in [0.25, 0.3) is 0 Å². The first-order chi connectivity index (χ1) is 7.87. The third kappa shape index (κ3) is 6.13. The molecule has 6 heteroatoms. The van der Waals surface area contributed by atoms with Crippen LogP contribution in [0.2, 0.25) is 0 Å². The van der Waals surface area contributed by atoms with E-state index in [9.17, 15) is 8.42 Å². The summed E-state index contributed by atoms with van der Waals surface area (Å²) in [6.07, 6.45) is 1.10. The highest BCUT2D eigenvalue weighted by molar-refractivity contribution is 7.92. The molecule has 0 bridgehead atoms. The molecular weight excluding hydrogens is 240 g/mol. The quantitative estimate of drug-likeness (QED) is 0.819. The van der Waals surface area contributed by atoms with Crippen molar-refractivity contribution in [3.8, 4) is 5.75 Å². The number of hydrogen-bond acceptors (Lipinski definition) is 4. The standard InChI is InChI=1S/C11H17N2O3S/c1-13(2)7-8-16-11-6-4-5-10(9-11)12-17(3,14)15/h4,6,9,12H,7-8H2,1-3H3. The van der Waals surface area contributed by atoms with Crippen molar-refractivity contribution in [2.24, 2.45) is 0 Å². The van der Waals surface area contributed by atoms with Gasteiger partial charge in [0.1, 0.15) is 12.4 Å². The summed E-state index contributed by atoms with van der Waals surface area (Å²) in [6, 6.07) is 7.75. The molecule has 1 rings (SSSR count). The van der Waals surface area contributed by atoms with E-state index in [0.717, 1.165) is 12.8 Å². The molecule has 0 aliphatic rings. The molecule has 1 aromatic carbocycles. The average Bonchev–Trinajstić information content (AvgIpc) is 2.14. The Kier molecular flexibility index (Phi) is 4.77. The zero-order chi connectivity index (χ0) is 12.9. The highest BCUT2D eigenvalue weighted by atomic mass is 32.2. The Bertz CT molecular complexity index is 458. The minimum atomic E-state index is -3.27. The molecule has 0 aliphatic carbocycles. The van der Waals surface area contributed by atoms with E-state index in [0.29, 0.717) is 18.0 Å². The van der Waals surface area contributed by atoms with Crippen molar-refractivity contribution in [2.45, 2.75) is 0 Å². The summed E-state index contributed by atoms with van der Waals surface area (Å²) in [5, 5.41) is 0. The van der Waals surface area contributed by atoms with E-state index < -0.39 is 10.0 Å². The Morgan fingerprint density at radius 3 is 2.76 bits per heavy atom. The van der Waals surface area contributed by atoms with E-state index >= 15 is 0 Å². The van der Waals surface area contributed by atoms with Crippen LogP contribution in [0.15, 0.2) is 18.2 Å². The summed E-state index contributed by atoms with van der Waals surface area (Å²) in [6.45, 7) is 1.35. The molecule has 1 radical (unpaired) electrons. The van der Waals surface area contributed by atoms with Crippen LogP contribution >= 0.6 is 0 Å². The van der Waals surface area contributed by atoms with Gasteiger partial charge in [-0.15, -0.1) is 0 Å². The van der Waals surface area contributed by atoms with Crippen LogP contribution < -0.4 is 9.46 Å². The van der Waals surface area contributed by atoms with Gasteiger partial charge in [0.05, 0.1) is 11.9 Å². The van der Waals surface area contributed by atoms with Crippen molar-refractivity contribution in [2.75, 3.05) is 38.2 Å². The van der Waals surface area contributed by atoms with Crippen LogP contribution in [-0.4, -0.2) is 46.8 Å².